The van der Waals surface area contributed by atoms with Gasteiger partial charge in [0.2, 0.25) is 0 Å². The zero-order valence-electron chi connectivity index (χ0n) is 14.1. The average molecular weight is 453 g/mol. The summed E-state index contributed by atoms with van der Waals surface area (Å²) < 4.78 is 34.2. The van der Waals surface area contributed by atoms with Crippen molar-refractivity contribution in [1.29, 1.82) is 0 Å². The molecule has 2 heterocycles. The van der Waals surface area contributed by atoms with Gasteiger partial charge >= 0.3 is 0 Å². The Morgan fingerprint density at radius 2 is 2.00 bits per heavy atom. The molecule has 0 bridgehead atoms. The number of hydrogen-bond donors (Lipinski definition) is 0. The lowest BCUT2D eigenvalue weighted by Crippen LogP contribution is -2.41. The number of hydrogen-bond acceptors (Lipinski definition) is 4. The van der Waals surface area contributed by atoms with Gasteiger partial charge in [0.25, 0.3) is 11.1 Å². The van der Waals surface area contributed by atoms with Crippen LogP contribution in [-0.2, 0) is 0 Å². The van der Waals surface area contributed by atoms with Gasteiger partial charge in [-0.15, -0.1) is 0 Å². The van der Waals surface area contributed by atoms with Crippen LogP contribution in [-0.4, -0.2) is 35.0 Å². The van der Waals surface area contributed by atoms with Crippen LogP contribution in [0.5, 0.6) is 5.19 Å². The van der Waals surface area contributed by atoms with Gasteiger partial charge in [0.1, 0.15) is 17.4 Å². The van der Waals surface area contributed by atoms with E-state index in [1.165, 1.54) is 6.07 Å². The Labute approximate surface area is 166 Å². The van der Waals surface area contributed by atoms with Crippen LogP contribution >= 0.6 is 27.3 Å². The molecular weight excluding hydrogens is 438 g/mol. The molecule has 2 aromatic carbocycles. The highest BCUT2D eigenvalue weighted by Crippen LogP contribution is 2.32. The van der Waals surface area contributed by atoms with Crippen molar-refractivity contribution in [3.05, 3.63) is 58.1 Å². The van der Waals surface area contributed by atoms with Crippen LogP contribution in [0.3, 0.4) is 0 Å². The van der Waals surface area contributed by atoms with Crippen LogP contribution in [0.4, 0.5) is 8.78 Å². The molecule has 1 aliphatic rings. The number of rotatable bonds is 3. The molecule has 8 heteroatoms. The average Bonchev–Trinajstić information content (AvgIpc) is 3.04. The second-order valence-electron chi connectivity index (χ2n) is 6.33. The Bertz CT molecular complexity index is 1000. The maximum absolute atomic E-state index is 13.8. The van der Waals surface area contributed by atoms with Crippen molar-refractivity contribution in [2.75, 3.05) is 13.1 Å². The first-order valence-electron chi connectivity index (χ1n) is 8.46. The zero-order valence-corrected chi connectivity index (χ0v) is 16.5. The van der Waals surface area contributed by atoms with Gasteiger partial charge in [0.05, 0.1) is 4.70 Å². The third kappa shape index (κ3) is 3.96. The molecule has 1 saturated heterocycles. The van der Waals surface area contributed by atoms with E-state index in [-0.39, 0.29) is 17.5 Å². The Morgan fingerprint density at radius 1 is 1.22 bits per heavy atom. The fourth-order valence-electron chi connectivity index (χ4n) is 3.11. The van der Waals surface area contributed by atoms with E-state index in [0.717, 1.165) is 21.9 Å². The highest BCUT2D eigenvalue weighted by atomic mass is 79.9. The summed E-state index contributed by atoms with van der Waals surface area (Å²) in [6.45, 7) is 1.15. The molecule has 0 unspecified atom stereocenters. The van der Waals surface area contributed by atoms with Crippen LogP contribution in [0.25, 0.3) is 10.2 Å². The van der Waals surface area contributed by atoms with Crippen LogP contribution in [0, 0.1) is 11.6 Å². The van der Waals surface area contributed by atoms with Gasteiger partial charge in [-0.1, -0.05) is 33.3 Å². The summed E-state index contributed by atoms with van der Waals surface area (Å²) in [7, 11) is 0. The molecule has 1 amide bonds. The summed E-state index contributed by atoms with van der Waals surface area (Å²) in [6.07, 6.45) is 1.21. The number of piperidine rings is 1. The fourth-order valence-corrected chi connectivity index (χ4v) is 4.43. The number of amides is 1. The maximum Gasteiger partial charge on any atom is 0.274 e. The largest absolute Gasteiger partial charge is 0.467 e. The summed E-state index contributed by atoms with van der Waals surface area (Å²) in [5, 5.41) is 0.325. The number of halogens is 3. The number of ether oxygens (including phenoxy) is 1. The normalized spacial score (nSPS) is 15.3. The number of carbonyl (C=O) groups excluding carboxylic acids is 1. The van der Waals surface area contributed by atoms with E-state index in [9.17, 15) is 13.6 Å². The topological polar surface area (TPSA) is 42.4 Å². The molecule has 1 fully saturated rings. The highest BCUT2D eigenvalue weighted by molar-refractivity contribution is 9.10. The molecule has 0 N–H and O–H groups in total. The first kappa shape index (κ1) is 18.3. The van der Waals surface area contributed by atoms with Crippen molar-refractivity contribution in [3.8, 4) is 5.19 Å². The molecule has 0 saturated carbocycles. The fraction of sp³-hybridized carbons (Fsp3) is 0.263. The van der Waals surface area contributed by atoms with Gasteiger partial charge in [-0.3, -0.25) is 4.79 Å². The molecule has 4 rings (SSSR count). The van der Waals surface area contributed by atoms with Gasteiger partial charge in [-0.05, 0) is 24.3 Å². The molecule has 3 aromatic rings. The van der Waals surface area contributed by atoms with E-state index < -0.39 is 11.6 Å². The van der Waals surface area contributed by atoms with Crippen molar-refractivity contribution in [2.24, 2.45) is 0 Å². The Hall–Kier alpha value is -2.06. The molecule has 0 atom stereocenters. The van der Waals surface area contributed by atoms with E-state index >= 15 is 0 Å². The lowest BCUT2D eigenvalue weighted by atomic mass is 10.1. The van der Waals surface area contributed by atoms with Crippen LogP contribution in [0.15, 0.2) is 40.9 Å². The number of nitrogens with zero attached hydrogens (tertiary/aromatic N) is 2. The minimum atomic E-state index is -0.689. The van der Waals surface area contributed by atoms with Crippen LogP contribution < -0.4 is 4.74 Å². The molecule has 0 aliphatic carbocycles. The maximum atomic E-state index is 13.8. The molecule has 1 aromatic heterocycles. The van der Waals surface area contributed by atoms with Crippen LogP contribution in [0.2, 0.25) is 0 Å². The smallest absolute Gasteiger partial charge is 0.274 e. The third-order valence-electron chi connectivity index (χ3n) is 4.46. The number of benzene rings is 2. The molecule has 27 heavy (non-hydrogen) atoms. The van der Waals surface area contributed by atoms with E-state index in [0.29, 0.717) is 41.4 Å². The van der Waals surface area contributed by atoms with E-state index in [1.54, 1.807) is 17.0 Å². The minimum absolute atomic E-state index is 0.00715. The summed E-state index contributed by atoms with van der Waals surface area (Å²) >= 11 is 4.50. The van der Waals surface area contributed by atoms with Crippen molar-refractivity contribution >= 4 is 43.4 Å². The Kier molecular flexibility index (Phi) is 5.10. The SMILES string of the molecule is O=C(c1cccc(Br)c1)N1CCC(Oc2nc3c(F)cc(F)cc3s2)CC1. The molecule has 1 aliphatic heterocycles. The molecule has 4 nitrogen and oxygen atoms in total. The first-order chi connectivity index (χ1) is 13.0. The van der Waals surface area contributed by atoms with Crippen molar-refractivity contribution in [1.82, 2.24) is 9.88 Å². The number of carbonyl (C=O) groups is 1. The van der Waals surface area contributed by atoms with Crippen LogP contribution in [0.1, 0.15) is 23.2 Å². The lowest BCUT2D eigenvalue weighted by molar-refractivity contribution is 0.0595. The minimum Gasteiger partial charge on any atom is -0.467 e. The second kappa shape index (κ2) is 7.52. The monoisotopic (exact) mass is 452 g/mol. The molecule has 0 spiro atoms. The van der Waals surface area contributed by atoms with Crippen molar-refractivity contribution in [3.63, 3.8) is 0 Å². The molecule has 140 valence electrons. The summed E-state index contributed by atoms with van der Waals surface area (Å²) in [5.74, 6) is -1.33. The predicted molar refractivity (Wildman–Crippen MR) is 103 cm³/mol. The van der Waals surface area contributed by atoms with E-state index in [2.05, 4.69) is 20.9 Å². The van der Waals surface area contributed by atoms with Gasteiger partial charge in [0, 0.05) is 42.0 Å². The summed E-state index contributed by atoms with van der Waals surface area (Å²) in [4.78, 5) is 18.5. The second-order valence-corrected chi connectivity index (χ2v) is 8.24. The summed E-state index contributed by atoms with van der Waals surface area (Å²) in [6, 6.07) is 9.39. The number of fused-ring (bicyclic) bond motifs is 1. The molecule has 0 radical (unpaired) electrons. The van der Waals surface area contributed by atoms with E-state index in [4.69, 9.17) is 4.74 Å². The highest BCUT2D eigenvalue weighted by Gasteiger charge is 2.25. The standard InChI is InChI=1S/C19H15BrF2N2O2S/c20-12-3-1-2-11(8-12)18(25)24-6-4-14(5-7-24)26-19-23-17-15(22)9-13(21)10-16(17)27-19/h1-3,8-10,14H,4-7H2. The van der Waals surface area contributed by atoms with Gasteiger partial charge in [0.15, 0.2) is 5.82 Å². The predicted octanol–water partition coefficient (Wildman–Crippen LogP) is 5.02. The molecular formula is C19H15BrF2N2O2S. The van der Waals surface area contributed by atoms with E-state index in [1.807, 2.05) is 12.1 Å². The summed E-state index contributed by atoms with van der Waals surface area (Å²) in [5.41, 5.74) is 0.770. The number of thiazole rings is 1. The Balaban J connectivity index is 1.40. The van der Waals surface area contributed by atoms with Gasteiger partial charge in [-0.2, -0.15) is 4.98 Å². The Morgan fingerprint density at radius 3 is 2.74 bits per heavy atom. The van der Waals surface area contributed by atoms with Crippen molar-refractivity contribution < 1.29 is 18.3 Å². The quantitative estimate of drug-likeness (QED) is 0.560. The number of likely N-dealkylation sites (tertiary alicyclic amines) is 1. The van der Waals surface area contributed by atoms with Gasteiger partial charge < -0.3 is 9.64 Å². The lowest BCUT2D eigenvalue weighted by Gasteiger charge is -2.31. The van der Waals surface area contributed by atoms with Gasteiger partial charge in [-0.25, -0.2) is 8.78 Å². The zero-order chi connectivity index (χ0) is 19.0. The van der Waals surface area contributed by atoms with Crippen molar-refractivity contribution in [2.45, 2.75) is 18.9 Å². The first-order valence-corrected chi connectivity index (χ1v) is 10.1. The number of aromatic nitrogens is 1. The third-order valence-corrected chi connectivity index (χ3v) is 5.85.